The number of rotatable bonds is 10. The molecule has 1 radical (unpaired) electrons. The molecule has 1 nitrogen and oxygen atoms in total. The third kappa shape index (κ3) is 6.29. The largest absolute Gasteiger partial charge is 0.290 e. The molecule has 0 saturated heterocycles. The second-order valence-corrected chi connectivity index (χ2v) is 3.68. The molecule has 0 aliphatic rings. The first-order valence-electron chi connectivity index (χ1n) is 5.67. The topological polar surface area (TPSA) is 3.24 Å². The van der Waals surface area contributed by atoms with E-state index in [0.29, 0.717) is 6.04 Å². The molecule has 85 valence electrons. The molecule has 0 aliphatic heterocycles. The van der Waals surface area contributed by atoms with E-state index in [-0.39, 0.29) is 0 Å². The zero-order valence-corrected chi connectivity index (χ0v) is 9.83. The van der Waals surface area contributed by atoms with Crippen LogP contribution in [0.4, 0.5) is 0 Å². The van der Waals surface area contributed by atoms with Crippen LogP contribution in [-0.2, 0) is 0 Å². The Bertz CT molecular complexity index is 174. The van der Waals surface area contributed by atoms with Gasteiger partial charge in [-0.05, 0) is 6.42 Å². The van der Waals surface area contributed by atoms with Gasteiger partial charge in [0, 0.05) is 19.1 Å². The third-order valence-electron chi connectivity index (χ3n) is 2.47. The van der Waals surface area contributed by atoms with Gasteiger partial charge in [-0.2, -0.15) is 0 Å². The highest BCUT2D eigenvalue weighted by molar-refractivity contribution is 4.93. The van der Waals surface area contributed by atoms with Crippen LogP contribution in [0, 0.1) is 6.92 Å². The summed E-state index contributed by atoms with van der Waals surface area (Å²) >= 11 is 0. The van der Waals surface area contributed by atoms with Gasteiger partial charge < -0.3 is 0 Å². The molecule has 0 amide bonds. The first-order chi connectivity index (χ1) is 7.29. The maximum Gasteiger partial charge on any atom is 0.0282 e. The van der Waals surface area contributed by atoms with Crippen molar-refractivity contribution < 1.29 is 0 Å². The minimum Gasteiger partial charge on any atom is -0.290 e. The van der Waals surface area contributed by atoms with Gasteiger partial charge in [0.1, 0.15) is 0 Å². The van der Waals surface area contributed by atoms with Crippen molar-refractivity contribution >= 4 is 0 Å². The number of unbranched alkanes of at least 4 members (excludes halogenated alkanes) is 2. The summed E-state index contributed by atoms with van der Waals surface area (Å²) in [7, 11) is 0. The van der Waals surface area contributed by atoms with E-state index >= 15 is 0 Å². The lowest BCUT2D eigenvalue weighted by molar-refractivity contribution is 0.265. The van der Waals surface area contributed by atoms with Crippen LogP contribution in [0.2, 0.25) is 0 Å². The SMILES string of the molecule is [CH2]CCCCC(C=C)N(CC=C)CC=C. The number of nitrogens with zero attached hydrogens (tertiary/aromatic N) is 1. The van der Waals surface area contributed by atoms with E-state index in [1.165, 1.54) is 12.8 Å². The van der Waals surface area contributed by atoms with E-state index in [1.54, 1.807) is 0 Å². The molecule has 0 aliphatic carbocycles. The molecule has 1 heteroatoms. The molecule has 0 fully saturated rings. The smallest absolute Gasteiger partial charge is 0.0282 e. The molecule has 0 aromatic heterocycles. The lowest BCUT2D eigenvalue weighted by Crippen LogP contribution is -2.34. The van der Waals surface area contributed by atoms with Crippen LogP contribution < -0.4 is 0 Å². The van der Waals surface area contributed by atoms with Crippen molar-refractivity contribution in [3.8, 4) is 0 Å². The normalized spacial score (nSPS) is 12.4. The quantitative estimate of drug-likeness (QED) is 0.390. The molecule has 0 heterocycles. The highest BCUT2D eigenvalue weighted by Crippen LogP contribution is 2.11. The first kappa shape index (κ1) is 14.2. The van der Waals surface area contributed by atoms with E-state index in [1.807, 2.05) is 18.2 Å². The van der Waals surface area contributed by atoms with Gasteiger partial charge in [0.25, 0.3) is 0 Å². The molecule has 15 heavy (non-hydrogen) atoms. The Morgan fingerprint density at radius 3 is 2.00 bits per heavy atom. The van der Waals surface area contributed by atoms with Crippen molar-refractivity contribution in [1.29, 1.82) is 0 Å². The lowest BCUT2D eigenvalue weighted by atomic mass is 10.1. The van der Waals surface area contributed by atoms with Gasteiger partial charge in [-0.3, -0.25) is 4.90 Å². The summed E-state index contributed by atoms with van der Waals surface area (Å²) < 4.78 is 0. The Hall–Kier alpha value is -0.820. The van der Waals surface area contributed by atoms with Gasteiger partial charge in [0.05, 0.1) is 0 Å². The average molecular weight is 206 g/mol. The average Bonchev–Trinajstić information content (AvgIpc) is 2.24. The molecule has 0 aromatic rings. The molecular weight excluding hydrogens is 182 g/mol. The van der Waals surface area contributed by atoms with Crippen molar-refractivity contribution in [2.24, 2.45) is 0 Å². The van der Waals surface area contributed by atoms with Crippen LogP contribution >= 0.6 is 0 Å². The Morgan fingerprint density at radius 2 is 1.60 bits per heavy atom. The minimum atomic E-state index is 0.438. The van der Waals surface area contributed by atoms with Crippen LogP contribution in [0.15, 0.2) is 38.0 Å². The van der Waals surface area contributed by atoms with E-state index in [9.17, 15) is 0 Å². The van der Waals surface area contributed by atoms with Crippen LogP contribution in [0.3, 0.4) is 0 Å². The summed E-state index contributed by atoms with van der Waals surface area (Å²) in [5.74, 6) is 0. The lowest BCUT2D eigenvalue weighted by Gasteiger charge is -2.27. The highest BCUT2D eigenvalue weighted by atomic mass is 15.1. The Kier molecular flexibility index (Phi) is 9.19. The summed E-state index contributed by atoms with van der Waals surface area (Å²) in [6, 6.07) is 0.438. The molecule has 0 N–H and O–H groups in total. The summed E-state index contributed by atoms with van der Waals surface area (Å²) in [5.41, 5.74) is 0. The summed E-state index contributed by atoms with van der Waals surface area (Å²) in [5, 5.41) is 0. The van der Waals surface area contributed by atoms with Crippen LogP contribution in [0.5, 0.6) is 0 Å². The fourth-order valence-corrected chi connectivity index (χ4v) is 1.66. The van der Waals surface area contributed by atoms with Crippen molar-refractivity contribution in [2.45, 2.75) is 31.7 Å². The Morgan fingerprint density at radius 1 is 1.00 bits per heavy atom. The maximum absolute atomic E-state index is 3.90. The Labute approximate surface area is 95.2 Å². The highest BCUT2D eigenvalue weighted by Gasteiger charge is 2.11. The molecule has 0 spiro atoms. The van der Waals surface area contributed by atoms with Gasteiger partial charge in [-0.1, -0.05) is 44.4 Å². The van der Waals surface area contributed by atoms with Gasteiger partial charge in [0.2, 0.25) is 0 Å². The maximum atomic E-state index is 3.90. The van der Waals surface area contributed by atoms with Gasteiger partial charge >= 0.3 is 0 Å². The third-order valence-corrected chi connectivity index (χ3v) is 2.47. The van der Waals surface area contributed by atoms with E-state index in [2.05, 4.69) is 31.6 Å². The molecule has 0 bridgehead atoms. The standard InChI is InChI=1S/C14H24N/c1-5-9-10-11-14(8-4)15(12-6-2)13-7-3/h6-8,14H,1-5,9-13H2. The van der Waals surface area contributed by atoms with Crippen molar-refractivity contribution in [3.05, 3.63) is 44.9 Å². The van der Waals surface area contributed by atoms with Gasteiger partial charge in [0.15, 0.2) is 0 Å². The molecule has 0 aromatic carbocycles. The van der Waals surface area contributed by atoms with Crippen molar-refractivity contribution in [3.63, 3.8) is 0 Å². The van der Waals surface area contributed by atoms with E-state index < -0.39 is 0 Å². The molecule has 1 unspecified atom stereocenters. The second kappa shape index (κ2) is 9.72. The summed E-state index contributed by atoms with van der Waals surface area (Å²) in [6.07, 6.45) is 10.5. The molecular formula is C14H24N. The van der Waals surface area contributed by atoms with Gasteiger partial charge in [-0.15, -0.1) is 19.7 Å². The molecule has 0 saturated carbocycles. The summed E-state index contributed by atoms with van der Waals surface area (Å²) in [4.78, 5) is 2.33. The van der Waals surface area contributed by atoms with E-state index in [0.717, 1.165) is 25.9 Å². The number of hydrogen-bond acceptors (Lipinski definition) is 1. The predicted octanol–water partition coefficient (Wildman–Crippen LogP) is 3.61. The first-order valence-corrected chi connectivity index (χ1v) is 5.67. The molecule has 1 atom stereocenters. The van der Waals surface area contributed by atoms with Gasteiger partial charge in [-0.25, -0.2) is 0 Å². The van der Waals surface area contributed by atoms with Crippen molar-refractivity contribution in [2.75, 3.05) is 13.1 Å². The fourth-order valence-electron chi connectivity index (χ4n) is 1.66. The van der Waals surface area contributed by atoms with Crippen LogP contribution in [0.25, 0.3) is 0 Å². The zero-order chi connectivity index (χ0) is 11.5. The monoisotopic (exact) mass is 206 g/mol. The summed E-state index contributed by atoms with van der Waals surface area (Å²) in [6.45, 7) is 17.1. The fraction of sp³-hybridized carbons (Fsp3) is 0.500. The zero-order valence-electron chi connectivity index (χ0n) is 9.83. The Balaban J connectivity index is 4.10. The van der Waals surface area contributed by atoms with Crippen LogP contribution in [0.1, 0.15) is 25.7 Å². The number of hydrogen-bond donors (Lipinski definition) is 0. The van der Waals surface area contributed by atoms with Crippen molar-refractivity contribution in [1.82, 2.24) is 4.90 Å². The molecule has 0 rings (SSSR count). The minimum absolute atomic E-state index is 0.438. The second-order valence-electron chi connectivity index (χ2n) is 3.68. The predicted molar refractivity (Wildman–Crippen MR) is 69.8 cm³/mol. The van der Waals surface area contributed by atoms with E-state index in [4.69, 9.17) is 0 Å². The van der Waals surface area contributed by atoms with Crippen LogP contribution in [-0.4, -0.2) is 24.0 Å².